The predicted molar refractivity (Wildman–Crippen MR) is 107 cm³/mol. The van der Waals surface area contributed by atoms with Crippen LogP contribution in [-0.4, -0.2) is 26.0 Å². The summed E-state index contributed by atoms with van der Waals surface area (Å²) in [6.45, 7) is 3.45. The van der Waals surface area contributed by atoms with Crippen molar-refractivity contribution in [3.8, 4) is 5.75 Å². The highest BCUT2D eigenvalue weighted by molar-refractivity contribution is 6.35. The molecule has 26 heavy (non-hydrogen) atoms. The summed E-state index contributed by atoms with van der Waals surface area (Å²) in [6, 6.07) is 13.1. The number of hydrogen-bond acceptors (Lipinski definition) is 3. The lowest BCUT2D eigenvalue weighted by atomic mass is 10.1. The second-order valence-electron chi connectivity index (χ2n) is 5.91. The molecule has 1 aliphatic heterocycles. The van der Waals surface area contributed by atoms with E-state index >= 15 is 0 Å². The zero-order valence-electron chi connectivity index (χ0n) is 14.6. The first kappa shape index (κ1) is 20.6. The third-order valence-corrected chi connectivity index (χ3v) is 4.67. The topological polar surface area (TPSA) is 50.4 Å². The van der Waals surface area contributed by atoms with Crippen molar-refractivity contribution in [2.24, 2.45) is 0 Å². The van der Waals surface area contributed by atoms with Crippen LogP contribution in [0.15, 0.2) is 42.5 Å². The molecule has 0 saturated carbocycles. The smallest absolute Gasteiger partial charge is 0.207 e. The molecule has 3 rings (SSSR count). The molecule has 1 amide bonds. The largest absolute Gasteiger partial charge is 0.489 e. The Morgan fingerprint density at radius 2 is 1.69 bits per heavy atom. The molecule has 6 heteroatoms. The fourth-order valence-corrected chi connectivity index (χ4v) is 2.99. The molecule has 140 valence electrons. The number of benzene rings is 2. The number of carbonyl (C=O) groups excluding carboxylic acids is 1. The van der Waals surface area contributed by atoms with Gasteiger partial charge in [0.15, 0.2) is 0 Å². The van der Waals surface area contributed by atoms with Crippen molar-refractivity contribution in [3.05, 3.63) is 63.6 Å². The molecule has 1 heterocycles. The molecule has 0 aliphatic carbocycles. The van der Waals surface area contributed by atoms with Gasteiger partial charge in [0.2, 0.25) is 6.41 Å². The monoisotopic (exact) mass is 394 g/mol. The average molecular weight is 395 g/mol. The third kappa shape index (κ3) is 7.24. The van der Waals surface area contributed by atoms with Gasteiger partial charge >= 0.3 is 0 Å². The average Bonchev–Trinajstić information content (AvgIpc) is 3.23. The maximum atomic E-state index is 10.2. The maximum absolute atomic E-state index is 10.2. The first-order chi connectivity index (χ1) is 12.7. The van der Waals surface area contributed by atoms with E-state index in [4.69, 9.17) is 27.9 Å². The standard InChI is InChI=1S/C16H15Cl2NO2.C4H9N/c17-15-2-1-3-16(18)14(15)10-21-13-6-4-12(5-7-13)8-9-19-11-20;1-2-4-5-3-1/h1-7,11H,8-10H2,(H,19,20);5H,1-4H2. The Balaban J connectivity index is 0.000000417. The summed E-state index contributed by atoms with van der Waals surface area (Å²) in [4.78, 5) is 10.2. The van der Waals surface area contributed by atoms with Gasteiger partial charge in [-0.2, -0.15) is 0 Å². The fraction of sp³-hybridized carbons (Fsp3) is 0.350. The summed E-state index contributed by atoms with van der Waals surface area (Å²) in [5, 5.41) is 7.04. The Labute approximate surface area is 164 Å². The van der Waals surface area contributed by atoms with Crippen LogP contribution in [0.2, 0.25) is 10.0 Å². The van der Waals surface area contributed by atoms with E-state index in [1.807, 2.05) is 24.3 Å². The van der Waals surface area contributed by atoms with Gasteiger partial charge in [-0.3, -0.25) is 4.79 Å². The van der Waals surface area contributed by atoms with Gasteiger partial charge in [0.1, 0.15) is 12.4 Å². The number of rotatable bonds is 7. The molecule has 0 radical (unpaired) electrons. The number of ether oxygens (including phenoxy) is 1. The lowest BCUT2D eigenvalue weighted by molar-refractivity contribution is -0.109. The Kier molecular flexibility index (Phi) is 9.32. The second kappa shape index (κ2) is 11.8. The summed E-state index contributed by atoms with van der Waals surface area (Å²) >= 11 is 12.2. The first-order valence-electron chi connectivity index (χ1n) is 8.73. The van der Waals surface area contributed by atoms with Crippen LogP contribution in [0, 0.1) is 0 Å². The van der Waals surface area contributed by atoms with Gasteiger partial charge in [0.25, 0.3) is 0 Å². The minimum atomic E-state index is 0.324. The Hall–Kier alpha value is -1.75. The lowest BCUT2D eigenvalue weighted by Gasteiger charge is -2.10. The number of carbonyl (C=O) groups is 1. The van der Waals surface area contributed by atoms with Crippen LogP contribution in [0.25, 0.3) is 0 Å². The molecule has 2 aromatic carbocycles. The second-order valence-corrected chi connectivity index (χ2v) is 6.73. The van der Waals surface area contributed by atoms with Crippen molar-refractivity contribution >= 4 is 29.6 Å². The van der Waals surface area contributed by atoms with Crippen LogP contribution in [-0.2, 0) is 17.8 Å². The molecular weight excluding hydrogens is 371 g/mol. The van der Waals surface area contributed by atoms with E-state index in [1.54, 1.807) is 18.2 Å². The molecule has 1 aliphatic rings. The molecule has 0 unspecified atom stereocenters. The quantitative estimate of drug-likeness (QED) is 0.545. The summed E-state index contributed by atoms with van der Waals surface area (Å²) < 4.78 is 5.69. The molecule has 0 atom stereocenters. The van der Waals surface area contributed by atoms with Crippen LogP contribution < -0.4 is 15.4 Å². The molecule has 1 fully saturated rings. The zero-order chi connectivity index (χ0) is 18.6. The summed E-state index contributed by atoms with van der Waals surface area (Å²) in [5.41, 5.74) is 1.91. The van der Waals surface area contributed by atoms with Gasteiger partial charge in [-0.25, -0.2) is 0 Å². The number of amides is 1. The van der Waals surface area contributed by atoms with Gasteiger partial charge in [0, 0.05) is 22.2 Å². The van der Waals surface area contributed by atoms with E-state index in [9.17, 15) is 4.79 Å². The molecule has 0 spiro atoms. The minimum Gasteiger partial charge on any atom is -0.489 e. The molecular formula is C20H24Cl2N2O2. The molecule has 0 aromatic heterocycles. The highest BCUT2D eigenvalue weighted by Gasteiger charge is 2.06. The van der Waals surface area contributed by atoms with E-state index in [2.05, 4.69) is 10.6 Å². The van der Waals surface area contributed by atoms with Crippen LogP contribution in [0.3, 0.4) is 0 Å². The SMILES string of the molecule is C1CCNC1.O=CNCCc1ccc(OCc2c(Cl)cccc2Cl)cc1. The Bertz CT molecular complexity index is 646. The highest BCUT2D eigenvalue weighted by atomic mass is 35.5. The molecule has 1 saturated heterocycles. The maximum Gasteiger partial charge on any atom is 0.207 e. The van der Waals surface area contributed by atoms with Gasteiger partial charge in [-0.15, -0.1) is 0 Å². The van der Waals surface area contributed by atoms with Gasteiger partial charge in [-0.1, -0.05) is 41.4 Å². The Morgan fingerprint density at radius 1 is 1.04 bits per heavy atom. The van der Waals surface area contributed by atoms with Gasteiger partial charge in [-0.05, 0) is 62.2 Å². The van der Waals surface area contributed by atoms with Crippen LogP contribution in [0.5, 0.6) is 5.75 Å². The van der Waals surface area contributed by atoms with Crippen molar-refractivity contribution in [3.63, 3.8) is 0 Å². The normalized spacial score (nSPS) is 12.8. The molecule has 4 nitrogen and oxygen atoms in total. The number of halogens is 2. The lowest BCUT2D eigenvalue weighted by Crippen LogP contribution is -2.14. The van der Waals surface area contributed by atoms with Crippen molar-refractivity contribution in [2.75, 3.05) is 19.6 Å². The third-order valence-electron chi connectivity index (χ3n) is 3.97. The van der Waals surface area contributed by atoms with E-state index < -0.39 is 0 Å². The fourth-order valence-electron chi connectivity index (χ4n) is 2.48. The number of hydrogen-bond donors (Lipinski definition) is 2. The van der Waals surface area contributed by atoms with E-state index in [1.165, 1.54) is 25.9 Å². The van der Waals surface area contributed by atoms with E-state index in [0.29, 0.717) is 29.6 Å². The van der Waals surface area contributed by atoms with Crippen molar-refractivity contribution in [1.82, 2.24) is 10.6 Å². The summed E-state index contributed by atoms with van der Waals surface area (Å²) in [5.74, 6) is 0.748. The van der Waals surface area contributed by atoms with E-state index in [0.717, 1.165) is 23.3 Å². The predicted octanol–water partition coefficient (Wildman–Crippen LogP) is 4.23. The number of nitrogens with one attached hydrogen (secondary N) is 2. The van der Waals surface area contributed by atoms with Crippen LogP contribution in [0.4, 0.5) is 0 Å². The summed E-state index contributed by atoms with van der Waals surface area (Å²) in [7, 11) is 0. The summed E-state index contributed by atoms with van der Waals surface area (Å²) in [6.07, 6.45) is 4.26. The van der Waals surface area contributed by atoms with Gasteiger partial charge in [0.05, 0.1) is 0 Å². The Morgan fingerprint density at radius 3 is 2.23 bits per heavy atom. The minimum absolute atomic E-state index is 0.324. The van der Waals surface area contributed by atoms with Gasteiger partial charge < -0.3 is 15.4 Å². The zero-order valence-corrected chi connectivity index (χ0v) is 16.2. The van der Waals surface area contributed by atoms with Crippen molar-refractivity contribution in [1.29, 1.82) is 0 Å². The molecule has 2 aromatic rings. The van der Waals surface area contributed by atoms with Crippen LogP contribution >= 0.6 is 23.2 Å². The van der Waals surface area contributed by atoms with Crippen molar-refractivity contribution in [2.45, 2.75) is 25.9 Å². The van der Waals surface area contributed by atoms with Crippen LogP contribution in [0.1, 0.15) is 24.0 Å². The van der Waals surface area contributed by atoms with Crippen molar-refractivity contribution < 1.29 is 9.53 Å². The highest BCUT2D eigenvalue weighted by Crippen LogP contribution is 2.25. The van der Waals surface area contributed by atoms with E-state index in [-0.39, 0.29) is 0 Å². The first-order valence-corrected chi connectivity index (χ1v) is 9.48. The molecule has 0 bridgehead atoms. The molecule has 2 N–H and O–H groups in total.